The number of hydrogen-bond donors (Lipinski definition) is 2. The SMILES string of the molecule is Nc1ncccc1C(=O)Nc1cc(Br)ccc1F. The number of carbonyl (C=O) groups is 1. The summed E-state index contributed by atoms with van der Waals surface area (Å²) in [4.78, 5) is 15.7. The molecule has 0 aliphatic heterocycles. The van der Waals surface area contributed by atoms with Crippen LogP contribution in [0.2, 0.25) is 0 Å². The Morgan fingerprint density at radius 3 is 2.89 bits per heavy atom. The Morgan fingerprint density at radius 1 is 1.39 bits per heavy atom. The number of nitrogens with two attached hydrogens (primary N) is 1. The Balaban J connectivity index is 2.27. The lowest BCUT2D eigenvalue weighted by Crippen LogP contribution is -2.15. The van der Waals surface area contributed by atoms with Gasteiger partial charge in [-0.05, 0) is 30.3 Å². The fourth-order valence-electron chi connectivity index (χ4n) is 1.39. The second-order valence-corrected chi connectivity index (χ2v) is 4.43. The first-order chi connectivity index (χ1) is 8.58. The molecule has 1 aromatic heterocycles. The van der Waals surface area contributed by atoms with Gasteiger partial charge in [0.1, 0.15) is 11.6 Å². The average molecular weight is 310 g/mol. The molecule has 92 valence electrons. The smallest absolute Gasteiger partial charge is 0.259 e. The third-order valence-corrected chi connectivity index (χ3v) is 2.75. The molecule has 0 aliphatic carbocycles. The Kier molecular flexibility index (Phi) is 3.57. The van der Waals surface area contributed by atoms with E-state index in [4.69, 9.17) is 5.73 Å². The number of nitrogens with one attached hydrogen (secondary N) is 1. The van der Waals surface area contributed by atoms with Crippen molar-refractivity contribution in [1.82, 2.24) is 4.98 Å². The summed E-state index contributed by atoms with van der Waals surface area (Å²) in [6.07, 6.45) is 1.48. The molecule has 2 rings (SSSR count). The number of carbonyl (C=O) groups excluding carboxylic acids is 1. The van der Waals surface area contributed by atoms with Crippen molar-refractivity contribution in [3.8, 4) is 0 Å². The molecule has 0 fully saturated rings. The number of halogens is 2. The highest BCUT2D eigenvalue weighted by Crippen LogP contribution is 2.21. The quantitative estimate of drug-likeness (QED) is 0.896. The molecule has 0 saturated carbocycles. The predicted octanol–water partition coefficient (Wildman–Crippen LogP) is 2.82. The molecule has 0 atom stereocenters. The topological polar surface area (TPSA) is 68.0 Å². The fraction of sp³-hybridized carbons (Fsp3) is 0. The van der Waals surface area contributed by atoms with Crippen LogP contribution in [-0.4, -0.2) is 10.9 Å². The van der Waals surface area contributed by atoms with Crippen molar-refractivity contribution in [2.24, 2.45) is 0 Å². The van der Waals surface area contributed by atoms with Crippen LogP contribution in [0.4, 0.5) is 15.9 Å². The van der Waals surface area contributed by atoms with E-state index >= 15 is 0 Å². The van der Waals surface area contributed by atoms with E-state index in [9.17, 15) is 9.18 Å². The van der Waals surface area contributed by atoms with E-state index < -0.39 is 11.7 Å². The molecule has 0 saturated heterocycles. The largest absolute Gasteiger partial charge is 0.383 e. The summed E-state index contributed by atoms with van der Waals surface area (Å²) in [5.74, 6) is -0.919. The van der Waals surface area contributed by atoms with Gasteiger partial charge in [-0.2, -0.15) is 0 Å². The number of benzene rings is 1. The predicted molar refractivity (Wildman–Crippen MR) is 70.7 cm³/mol. The van der Waals surface area contributed by atoms with Crippen LogP contribution >= 0.6 is 15.9 Å². The summed E-state index contributed by atoms with van der Waals surface area (Å²) in [5, 5.41) is 2.44. The first kappa shape index (κ1) is 12.5. The Hall–Kier alpha value is -1.95. The van der Waals surface area contributed by atoms with Crippen LogP contribution in [0, 0.1) is 5.82 Å². The molecule has 6 heteroatoms. The van der Waals surface area contributed by atoms with Crippen molar-refractivity contribution in [3.05, 3.63) is 52.4 Å². The maximum atomic E-state index is 13.5. The van der Waals surface area contributed by atoms with E-state index in [0.717, 1.165) is 0 Å². The van der Waals surface area contributed by atoms with Crippen molar-refractivity contribution >= 4 is 33.3 Å². The van der Waals surface area contributed by atoms with Crippen LogP contribution in [0.5, 0.6) is 0 Å². The minimum absolute atomic E-state index is 0.0811. The highest BCUT2D eigenvalue weighted by Gasteiger charge is 2.12. The summed E-state index contributed by atoms with van der Waals surface area (Å²) in [6, 6.07) is 7.38. The standard InChI is InChI=1S/C12H9BrFN3O/c13-7-3-4-9(14)10(6-7)17-12(18)8-2-1-5-16-11(8)15/h1-6H,(H2,15,16)(H,17,18). The monoisotopic (exact) mass is 309 g/mol. The van der Waals surface area contributed by atoms with Crippen molar-refractivity contribution in [2.45, 2.75) is 0 Å². The number of anilines is 2. The summed E-state index contributed by atoms with van der Waals surface area (Å²) in [7, 11) is 0. The van der Waals surface area contributed by atoms with Gasteiger partial charge in [0.2, 0.25) is 0 Å². The molecular weight excluding hydrogens is 301 g/mol. The lowest BCUT2D eigenvalue weighted by Gasteiger charge is -2.08. The molecule has 1 heterocycles. The summed E-state index contributed by atoms with van der Waals surface area (Å²) in [5.41, 5.74) is 5.85. The number of nitrogen functional groups attached to an aromatic ring is 1. The molecule has 1 amide bonds. The van der Waals surface area contributed by atoms with Gasteiger partial charge in [0.05, 0.1) is 11.3 Å². The lowest BCUT2D eigenvalue weighted by atomic mass is 10.2. The van der Waals surface area contributed by atoms with Crippen molar-refractivity contribution in [2.75, 3.05) is 11.1 Å². The molecule has 4 nitrogen and oxygen atoms in total. The van der Waals surface area contributed by atoms with E-state index in [-0.39, 0.29) is 17.1 Å². The normalized spacial score (nSPS) is 10.1. The van der Waals surface area contributed by atoms with Crippen molar-refractivity contribution < 1.29 is 9.18 Å². The zero-order valence-corrected chi connectivity index (χ0v) is 10.7. The second-order valence-electron chi connectivity index (χ2n) is 3.51. The molecule has 0 unspecified atom stereocenters. The van der Waals surface area contributed by atoms with Crippen molar-refractivity contribution in [1.29, 1.82) is 0 Å². The van der Waals surface area contributed by atoms with Gasteiger partial charge >= 0.3 is 0 Å². The highest BCUT2D eigenvalue weighted by atomic mass is 79.9. The van der Waals surface area contributed by atoms with E-state index in [2.05, 4.69) is 26.2 Å². The third-order valence-electron chi connectivity index (χ3n) is 2.26. The van der Waals surface area contributed by atoms with E-state index in [1.54, 1.807) is 12.1 Å². The third kappa shape index (κ3) is 2.65. The number of pyridine rings is 1. The number of aromatic nitrogens is 1. The van der Waals surface area contributed by atoms with Gasteiger partial charge < -0.3 is 11.1 Å². The van der Waals surface area contributed by atoms with Gasteiger partial charge in [0.15, 0.2) is 0 Å². The summed E-state index contributed by atoms with van der Waals surface area (Å²) >= 11 is 3.20. The number of rotatable bonds is 2. The van der Waals surface area contributed by atoms with E-state index in [1.807, 2.05) is 0 Å². The maximum absolute atomic E-state index is 13.5. The Bertz CT molecular complexity index is 604. The van der Waals surface area contributed by atoms with Gasteiger partial charge in [-0.25, -0.2) is 9.37 Å². The molecule has 0 aliphatic rings. The minimum atomic E-state index is -0.519. The van der Waals surface area contributed by atoms with Crippen LogP contribution in [0.3, 0.4) is 0 Å². The van der Waals surface area contributed by atoms with Crippen LogP contribution in [0.1, 0.15) is 10.4 Å². The van der Waals surface area contributed by atoms with Crippen LogP contribution in [-0.2, 0) is 0 Å². The molecule has 0 radical (unpaired) electrons. The molecule has 0 bridgehead atoms. The average Bonchev–Trinajstić information content (AvgIpc) is 2.34. The summed E-state index contributed by atoms with van der Waals surface area (Å²) < 4.78 is 14.1. The van der Waals surface area contributed by atoms with Gasteiger partial charge in [-0.15, -0.1) is 0 Å². The van der Waals surface area contributed by atoms with Gasteiger partial charge in [0, 0.05) is 10.7 Å². The molecule has 3 N–H and O–H groups in total. The molecule has 18 heavy (non-hydrogen) atoms. The second kappa shape index (κ2) is 5.14. The van der Waals surface area contributed by atoms with E-state index in [0.29, 0.717) is 4.47 Å². The molecule has 0 spiro atoms. The van der Waals surface area contributed by atoms with E-state index in [1.165, 1.54) is 24.4 Å². The van der Waals surface area contributed by atoms with Crippen molar-refractivity contribution in [3.63, 3.8) is 0 Å². The molecular formula is C12H9BrFN3O. The number of nitrogens with zero attached hydrogens (tertiary/aromatic N) is 1. The lowest BCUT2D eigenvalue weighted by molar-refractivity contribution is 0.102. The van der Waals surface area contributed by atoms with Gasteiger partial charge in [-0.3, -0.25) is 4.79 Å². The Morgan fingerprint density at radius 2 is 2.17 bits per heavy atom. The van der Waals surface area contributed by atoms with Crippen LogP contribution in [0.15, 0.2) is 41.0 Å². The first-order valence-electron chi connectivity index (χ1n) is 5.05. The molecule has 1 aromatic carbocycles. The number of hydrogen-bond acceptors (Lipinski definition) is 3. The first-order valence-corrected chi connectivity index (χ1v) is 5.84. The highest BCUT2D eigenvalue weighted by molar-refractivity contribution is 9.10. The zero-order chi connectivity index (χ0) is 13.1. The fourth-order valence-corrected chi connectivity index (χ4v) is 1.75. The minimum Gasteiger partial charge on any atom is -0.383 e. The maximum Gasteiger partial charge on any atom is 0.259 e. The van der Waals surface area contributed by atoms with Crippen LogP contribution in [0.25, 0.3) is 0 Å². The van der Waals surface area contributed by atoms with Crippen LogP contribution < -0.4 is 11.1 Å². The van der Waals surface area contributed by atoms with Gasteiger partial charge in [0.25, 0.3) is 5.91 Å². The Labute approximate surface area is 111 Å². The van der Waals surface area contributed by atoms with Gasteiger partial charge in [-0.1, -0.05) is 15.9 Å². The number of amides is 1. The zero-order valence-electron chi connectivity index (χ0n) is 9.15. The molecule has 2 aromatic rings. The summed E-state index contributed by atoms with van der Waals surface area (Å²) in [6.45, 7) is 0.